The molecular formula is C34H22N4. The van der Waals surface area contributed by atoms with Gasteiger partial charge in [0.05, 0.1) is 27.9 Å². The lowest BCUT2D eigenvalue weighted by Gasteiger charge is -2.12. The van der Waals surface area contributed by atoms with Crippen LogP contribution in [0.15, 0.2) is 127 Å². The van der Waals surface area contributed by atoms with Crippen LogP contribution in [-0.2, 0) is 0 Å². The lowest BCUT2D eigenvalue weighted by Crippen LogP contribution is -2.04. The first-order chi connectivity index (χ1) is 18.8. The van der Waals surface area contributed by atoms with Gasteiger partial charge in [-0.1, -0.05) is 109 Å². The van der Waals surface area contributed by atoms with Gasteiger partial charge in [-0.2, -0.15) is 0 Å². The van der Waals surface area contributed by atoms with E-state index in [2.05, 4.69) is 101 Å². The van der Waals surface area contributed by atoms with Gasteiger partial charge in [0.15, 0.2) is 0 Å². The third kappa shape index (κ3) is 3.10. The first kappa shape index (κ1) is 20.9. The van der Waals surface area contributed by atoms with Gasteiger partial charge in [-0.05, 0) is 18.2 Å². The summed E-state index contributed by atoms with van der Waals surface area (Å²) in [5, 5.41) is 4.76. The number of fused-ring (bicyclic) bond motifs is 7. The second-order valence-electron chi connectivity index (χ2n) is 9.58. The van der Waals surface area contributed by atoms with Crippen molar-refractivity contribution in [3.63, 3.8) is 0 Å². The number of hydrogen-bond donors (Lipinski definition) is 1. The number of para-hydroxylation sites is 2. The van der Waals surface area contributed by atoms with Crippen molar-refractivity contribution in [3.8, 4) is 28.5 Å². The number of hydrogen-bond acceptors (Lipinski definition) is 2. The van der Waals surface area contributed by atoms with Crippen molar-refractivity contribution in [2.45, 2.75) is 0 Å². The zero-order chi connectivity index (χ0) is 25.1. The first-order valence-corrected chi connectivity index (χ1v) is 12.8. The monoisotopic (exact) mass is 486 g/mol. The minimum atomic E-state index is 0.655. The molecule has 5 aromatic carbocycles. The van der Waals surface area contributed by atoms with Crippen molar-refractivity contribution in [2.75, 3.05) is 0 Å². The quantitative estimate of drug-likeness (QED) is 0.272. The summed E-state index contributed by atoms with van der Waals surface area (Å²) < 4.78 is 2.22. The molecule has 0 saturated carbocycles. The van der Waals surface area contributed by atoms with E-state index >= 15 is 0 Å². The SMILES string of the molecule is c1ccc(-c2cc(-c3ccccc3)nc(-n3c4ccccc4c4ccc5c6ccccc6[nH]c5c43)n2)cc1. The molecule has 38 heavy (non-hydrogen) atoms. The molecule has 0 saturated heterocycles. The molecule has 8 aromatic rings. The fraction of sp³-hybridized carbons (Fsp3) is 0. The molecule has 4 nitrogen and oxygen atoms in total. The highest BCUT2D eigenvalue weighted by atomic mass is 15.2. The van der Waals surface area contributed by atoms with Gasteiger partial charge < -0.3 is 4.98 Å². The van der Waals surface area contributed by atoms with Gasteiger partial charge in [0, 0.05) is 38.2 Å². The van der Waals surface area contributed by atoms with E-state index in [0.717, 1.165) is 44.6 Å². The Morgan fingerprint density at radius 3 is 1.79 bits per heavy atom. The van der Waals surface area contributed by atoms with Gasteiger partial charge in [-0.25, -0.2) is 9.97 Å². The molecule has 3 aromatic heterocycles. The van der Waals surface area contributed by atoms with E-state index in [0.29, 0.717) is 5.95 Å². The van der Waals surface area contributed by atoms with Crippen molar-refractivity contribution >= 4 is 43.6 Å². The number of benzene rings is 5. The Balaban J connectivity index is 1.53. The molecule has 0 aliphatic carbocycles. The third-order valence-corrected chi connectivity index (χ3v) is 7.37. The Labute approximate surface area is 218 Å². The van der Waals surface area contributed by atoms with Crippen molar-refractivity contribution < 1.29 is 0 Å². The Bertz CT molecular complexity index is 2060. The molecule has 0 atom stereocenters. The Morgan fingerprint density at radius 1 is 0.500 bits per heavy atom. The van der Waals surface area contributed by atoms with E-state index in [1.165, 1.54) is 21.5 Å². The Kier molecular flexibility index (Phi) is 4.49. The molecule has 4 heteroatoms. The lowest BCUT2D eigenvalue weighted by molar-refractivity contribution is 0.997. The normalized spacial score (nSPS) is 11.7. The van der Waals surface area contributed by atoms with E-state index in [9.17, 15) is 0 Å². The van der Waals surface area contributed by atoms with Gasteiger partial charge in [0.1, 0.15) is 0 Å². The van der Waals surface area contributed by atoms with Gasteiger partial charge in [-0.3, -0.25) is 4.57 Å². The smallest absolute Gasteiger partial charge is 0.235 e. The molecule has 0 radical (unpaired) electrons. The summed E-state index contributed by atoms with van der Waals surface area (Å²) in [6, 6.07) is 44.2. The molecule has 178 valence electrons. The third-order valence-electron chi connectivity index (χ3n) is 7.37. The van der Waals surface area contributed by atoms with Crippen LogP contribution in [0.25, 0.3) is 72.1 Å². The van der Waals surface area contributed by atoms with Gasteiger partial charge in [0.25, 0.3) is 0 Å². The van der Waals surface area contributed by atoms with E-state index in [4.69, 9.17) is 9.97 Å². The van der Waals surface area contributed by atoms with Crippen molar-refractivity contribution in [3.05, 3.63) is 127 Å². The first-order valence-electron chi connectivity index (χ1n) is 12.8. The average molecular weight is 487 g/mol. The van der Waals surface area contributed by atoms with E-state index in [1.807, 2.05) is 36.4 Å². The highest BCUT2D eigenvalue weighted by molar-refractivity contribution is 6.22. The second-order valence-corrected chi connectivity index (χ2v) is 9.58. The summed E-state index contributed by atoms with van der Waals surface area (Å²) in [7, 11) is 0. The van der Waals surface area contributed by atoms with Crippen molar-refractivity contribution in [2.24, 2.45) is 0 Å². The number of nitrogens with one attached hydrogen (secondary N) is 1. The van der Waals surface area contributed by atoms with Crippen LogP contribution in [0.3, 0.4) is 0 Å². The zero-order valence-corrected chi connectivity index (χ0v) is 20.5. The highest BCUT2D eigenvalue weighted by Gasteiger charge is 2.20. The van der Waals surface area contributed by atoms with Crippen LogP contribution in [0, 0.1) is 0 Å². The molecule has 3 heterocycles. The number of aromatic nitrogens is 4. The standard InChI is InChI=1S/C34H22N4/c1-3-11-22(12-4-1)29-21-30(23-13-5-2-6-14-23)37-34(36-29)38-31-18-10-8-16-25(31)27-20-19-26-24-15-7-9-17-28(24)35-32(26)33(27)38/h1-21,35H. The van der Waals surface area contributed by atoms with Crippen LogP contribution in [-0.4, -0.2) is 19.5 Å². The van der Waals surface area contributed by atoms with Gasteiger partial charge >= 0.3 is 0 Å². The molecule has 8 rings (SSSR count). The maximum atomic E-state index is 5.17. The van der Waals surface area contributed by atoms with Crippen LogP contribution >= 0.6 is 0 Å². The van der Waals surface area contributed by atoms with Crippen LogP contribution in [0.2, 0.25) is 0 Å². The molecule has 0 aliphatic heterocycles. The topological polar surface area (TPSA) is 46.5 Å². The summed E-state index contributed by atoms with van der Waals surface area (Å²) in [6.07, 6.45) is 0. The minimum absolute atomic E-state index is 0.655. The number of aromatic amines is 1. The molecule has 0 bridgehead atoms. The van der Waals surface area contributed by atoms with Crippen LogP contribution in [0.1, 0.15) is 0 Å². The Morgan fingerprint density at radius 2 is 1.08 bits per heavy atom. The summed E-state index contributed by atoms with van der Waals surface area (Å²) in [5.74, 6) is 0.655. The zero-order valence-electron chi connectivity index (χ0n) is 20.5. The molecule has 1 N–H and O–H groups in total. The maximum absolute atomic E-state index is 5.17. The number of rotatable bonds is 3. The van der Waals surface area contributed by atoms with E-state index in [1.54, 1.807) is 0 Å². The van der Waals surface area contributed by atoms with Crippen LogP contribution in [0.5, 0.6) is 0 Å². The van der Waals surface area contributed by atoms with Crippen LogP contribution in [0.4, 0.5) is 0 Å². The van der Waals surface area contributed by atoms with Crippen molar-refractivity contribution in [1.29, 1.82) is 0 Å². The molecule has 0 unspecified atom stereocenters. The van der Waals surface area contributed by atoms with Crippen LogP contribution < -0.4 is 0 Å². The number of nitrogens with zero attached hydrogens (tertiary/aromatic N) is 3. The number of H-pyrrole nitrogens is 1. The van der Waals surface area contributed by atoms with E-state index < -0.39 is 0 Å². The van der Waals surface area contributed by atoms with E-state index in [-0.39, 0.29) is 0 Å². The molecule has 0 spiro atoms. The van der Waals surface area contributed by atoms with Gasteiger partial charge in [-0.15, -0.1) is 0 Å². The lowest BCUT2D eigenvalue weighted by atomic mass is 10.1. The molecule has 0 amide bonds. The minimum Gasteiger partial charge on any atom is -0.353 e. The summed E-state index contributed by atoms with van der Waals surface area (Å²) in [5.41, 5.74) is 8.29. The average Bonchev–Trinajstić information content (AvgIpc) is 3.54. The predicted octanol–water partition coefficient (Wildman–Crippen LogP) is 8.54. The van der Waals surface area contributed by atoms with Crippen molar-refractivity contribution in [1.82, 2.24) is 19.5 Å². The highest BCUT2D eigenvalue weighted by Crippen LogP contribution is 2.38. The summed E-state index contributed by atoms with van der Waals surface area (Å²) >= 11 is 0. The molecule has 0 fully saturated rings. The molecule has 0 aliphatic rings. The fourth-order valence-corrected chi connectivity index (χ4v) is 5.63. The largest absolute Gasteiger partial charge is 0.353 e. The molecular weight excluding hydrogens is 464 g/mol. The summed E-state index contributed by atoms with van der Waals surface area (Å²) in [6.45, 7) is 0. The van der Waals surface area contributed by atoms with Gasteiger partial charge in [0.2, 0.25) is 5.95 Å². The second kappa shape index (κ2) is 8.15. The fourth-order valence-electron chi connectivity index (χ4n) is 5.63. The predicted molar refractivity (Wildman–Crippen MR) is 157 cm³/mol. The Hall–Kier alpha value is -5.22. The maximum Gasteiger partial charge on any atom is 0.235 e. The summed E-state index contributed by atoms with van der Waals surface area (Å²) in [4.78, 5) is 14.0.